The first kappa shape index (κ1) is 39.4. The molecule has 0 amide bonds. The van der Waals surface area contributed by atoms with E-state index in [1.165, 1.54) is 44.8 Å². The maximum Gasteiger partial charge on any atom is 0.0490 e. The topological polar surface area (TPSA) is 6.48 Å². The number of benzene rings is 7. The monoisotopic (exact) mass is 789 g/mol. The van der Waals surface area contributed by atoms with Crippen LogP contribution in [0.15, 0.2) is 158 Å². The fourth-order valence-electron chi connectivity index (χ4n) is 6.97. The summed E-state index contributed by atoms with van der Waals surface area (Å²) in [5.74, 6) is 0. The maximum atomic E-state index is 2.34. The van der Waals surface area contributed by atoms with Crippen LogP contribution in [0.3, 0.4) is 0 Å². The second-order valence-corrected chi connectivity index (χ2v) is 14.4. The van der Waals surface area contributed by atoms with E-state index in [0.717, 1.165) is 45.0 Å². The van der Waals surface area contributed by atoms with Gasteiger partial charge in [0, 0.05) is 66.8 Å². The van der Waals surface area contributed by atoms with E-state index in [0.29, 0.717) is 0 Å². The van der Waals surface area contributed by atoms with Crippen LogP contribution in [0.2, 0.25) is 0 Å². The number of hydrogen-bond acceptors (Lipinski definition) is 2. The zero-order valence-corrected chi connectivity index (χ0v) is 35.6. The molecule has 1 radical (unpaired) electrons. The van der Waals surface area contributed by atoms with Crippen LogP contribution >= 0.6 is 0 Å². The standard InChI is InChI=1S/C52H48N2.Y/c1-37-10-24-47(25-11-37)53(51-32-14-39(3)34-41(51)5)49-28-20-43(21-29-49)16-18-45-8-7-9-46(36-45)19-17-44-22-30-50(31-23-44)54(48-26-12-38(2)13-27-48)52-33-15-40(4)35-42(52)6;/h7-36H,1-6H3;. The van der Waals surface area contributed by atoms with Crippen LogP contribution in [-0.4, -0.2) is 0 Å². The number of nitrogens with zero attached hydrogens (tertiary/aromatic N) is 2. The fourth-order valence-corrected chi connectivity index (χ4v) is 6.97. The Morgan fingerprint density at radius 2 is 0.618 bits per heavy atom. The second kappa shape index (κ2) is 17.9. The molecule has 0 aliphatic carbocycles. The van der Waals surface area contributed by atoms with E-state index in [1.54, 1.807) is 0 Å². The van der Waals surface area contributed by atoms with Crippen molar-refractivity contribution >= 4 is 58.4 Å². The van der Waals surface area contributed by atoms with E-state index in [9.17, 15) is 0 Å². The average molecular weight is 790 g/mol. The Bertz CT molecular complexity index is 2250. The number of rotatable bonds is 10. The molecule has 0 fully saturated rings. The third-order valence-electron chi connectivity index (χ3n) is 9.92. The van der Waals surface area contributed by atoms with Gasteiger partial charge in [0.1, 0.15) is 0 Å². The number of anilines is 6. The zero-order valence-electron chi connectivity index (χ0n) is 32.8. The summed E-state index contributed by atoms with van der Waals surface area (Å²) in [7, 11) is 0. The van der Waals surface area contributed by atoms with Crippen molar-refractivity contribution in [3.8, 4) is 0 Å². The SMILES string of the molecule is Cc1ccc(N(c2ccc(C=Cc3cccc(C=Cc4ccc(N(c5ccc(C)cc5)c5ccc(C)cc5C)cc4)c3)cc2)c2ccc(C)cc2C)cc1.[Y]. The Labute approximate surface area is 353 Å². The second-order valence-electron chi connectivity index (χ2n) is 14.4. The van der Waals surface area contributed by atoms with Crippen molar-refractivity contribution in [2.45, 2.75) is 41.5 Å². The predicted molar refractivity (Wildman–Crippen MR) is 235 cm³/mol. The van der Waals surface area contributed by atoms with Gasteiger partial charge in [-0.05, 0) is 142 Å². The Kier molecular flexibility index (Phi) is 12.8. The molecule has 0 spiro atoms. The van der Waals surface area contributed by atoms with Gasteiger partial charge in [-0.2, -0.15) is 0 Å². The van der Waals surface area contributed by atoms with Crippen molar-refractivity contribution in [3.05, 3.63) is 213 Å². The van der Waals surface area contributed by atoms with Gasteiger partial charge >= 0.3 is 0 Å². The summed E-state index contributed by atoms with van der Waals surface area (Å²) >= 11 is 0. The van der Waals surface area contributed by atoms with Crippen molar-refractivity contribution in [2.75, 3.05) is 9.80 Å². The van der Waals surface area contributed by atoms with Crippen molar-refractivity contribution in [1.29, 1.82) is 0 Å². The van der Waals surface area contributed by atoms with Gasteiger partial charge in [0.05, 0.1) is 0 Å². The number of hydrogen-bond donors (Lipinski definition) is 0. The fraction of sp³-hybridized carbons (Fsp3) is 0.115. The van der Waals surface area contributed by atoms with Crippen molar-refractivity contribution < 1.29 is 32.7 Å². The van der Waals surface area contributed by atoms with Crippen LogP contribution in [0.25, 0.3) is 24.3 Å². The molecule has 0 aliphatic rings. The van der Waals surface area contributed by atoms with Crippen LogP contribution in [0.4, 0.5) is 34.1 Å². The van der Waals surface area contributed by atoms with Crippen LogP contribution < -0.4 is 9.80 Å². The Morgan fingerprint density at radius 1 is 0.309 bits per heavy atom. The summed E-state index contributed by atoms with van der Waals surface area (Å²) < 4.78 is 0. The molecule has 269 valence electrons. The van der Waals surface area contributed by atoms with E-state index in [2.05, 4.69) is 233 Å². The molecule has 0 N–H and O–H groups in total. The Balaban J connectivity index is 0.00000514. The van der Waals surface area contributed by atoms with Crippen LogP contribution in [0, 0.1) is 41.5 Å². The van der Waals surface area contributed by atoms with Gasteiger partial charge in [-0.3, -0.25) is 0 Å². The zero-order chi connectivity index (χ0) is 37.6. The van der Waals surface area contributed by atoms with Gasteiger partial charge in [-0.1, -0.05) is 138 Å². The summed E-state index contributed by atoms with van der Waals surface area (Å²) in [5, 5.41) is 0. The first-order valence-corrected chi connectivity index (χ1v) is 18.7. The molecule has 0 heterocycles. The normalized spacial score (nSPS) is 11.2. The first-order valence-electron chi connectivity index (χ1n) is 18.7. The van der Waals surface area contributed by atoms with E-state index < -0.39 is 0 Å². The molecule has 0 atom stereocenters. The molecular weight excluding hydrogens is 741 g/mol. The molecule has 7 rings (SSSR count). The van der Waals surface area contributed by atoms with E-state index in [-0.39, 0.29) is 32.7 Å². The molecule has 55 heavy (non-hydrogen) atoms. The molecule has 0 unspecified atom stereocenters. The van der Waals surface area contributed by atoms with Crippen molar-refractivity contribution in [3.63, 3.8) is 0 Å². The molecular formula is C52H48N2Y. The van der Waals surface area contributed by atoms with Gasteiger partial charge in [-0.25, -0.2) is 0 Å². The van der Waals surface area contributed by atoms with Crippen molar-refractivity contribution in [1.82, 2.24) is 0 Å². The van der Waals surface area contributed by atoms with Gasteiger partial charge in [-0.15, -0.1) is 0 Å². The third-order valence-corrected chi connectivity index (χ3v) is 9.92. The predicted octanol–water partition coefficient (Wildman–Crippen LogP) is 14.8. The molecule has 7 aromatic rings. The first-order chi connectivity index (χ1) is 26.2. The summed E-state index contributed by atoms with van der Waals surface area (Å²) in [6, 6.07) is 57.2. The van der Waals surface area contributed by atoms with Crippen LogP contribution in [0.5, 0.6) is 0 Å². The molecule has 7 aromatic carbocycles. The molecule has 0 bridgehead atoms. The van der Waals surface area contributed by atoms with E-state index in [4.69, 9.17) is 0 Å². The Hall–Kier alpha value is -5.28. The molecule has 0 aromatic heterocycles. The van der Waals surface area contributed by atoms with E-state index in [1.807, 2.05) is 0 Å². The Morgan fingerprint density at radius 3 is 0.964 bits per heavy atom. The molecule has 0 aliphatic heterocycles. The molecule has 3 heteroatoms. The smallest absolute Gasteiger partial charge is 0.0490 e. The van der Waals surface area contributed by atoms with E-state index >= 15 is 0 Å². The number of aryl methyl sites for hydroxylation is 6. The van der Waals surface area contributed by atoms with Gasteiger partial charge in [0.25, 0.3) is 0 Å². The quantitative estimate of drug-likeness (QED) is 0.127. The summed E-state index contributed by atoms with van der Waals surface area (Å²) in [4.78, 5) is 4.69. The average Bonchev–Trinajstić information content (AvgIpc) is 3.17. The van der Waals surface area contributed by atoms with Crippen LogP contribution in [-0.2, 0) is 32.7 Å². The van der Waals surface area contributed by atoms with Gasteiger partial charge in [0.2, 0.25) is 0 Å². The molecule has 2 nitrogen and oxygen atoms in total. The van der Waals surface area contributed by atoms with Crippen molar-refractivity contribution in [2.24, 2.45) is 0 Å². The van der Waals surface area contributed by atoms with Gasteiger partial charge in [0.15, 0.2) is 0 Å². The minimum absolute atomic E-state index is 0. The minimum Gasteiger partial charge on any atom is -0.310 e. The summed E-state index contributed by atoms with van der Waals surface area (Å²) in [5.41, 5.74) is 19.1. The van der Waals surface area contributed by atoms with Crippen LogP contribution in [0.1, 0.15) is 55.6 Å². The largest absolute Gasteiger partial charge is 0.310 e. The summed E-state index contributed by atoms with van der Waals surface area (Å²) in [6.07, 6.45) is 8.76. The maximum absolute atomic E-state index is 2.34. The minimum atomic E-state index is 0. The third kappa shape index (κ3) is 9.70. The summed E-state index contributed by atoms with van der Waals surface area (Å²) in [6.45, 7) is 12.9. The molecule has 0 saturated carbocycles. The molecule has 0 saturated heterocycles. The van der Waals surface area contributed by atoms with Gasteiger partial charge < -0.3 is 9.80 Å².